The number of aryl methyl sites for hydroxylation is 1. The van der Waals surface area contributed by atoms with Crippen LogP contribution in [0.5, 0.6) is 5.75 Å². The molecule has 4 heteroatoms. The second-order valence-corrected chi connectivity index (χ2v) is 6.15. The number of hydrogen-bond donors (Lipinski definition) is 1. The molecular formula is C17H19BrClNO. The molecule has 112 valence electrons. The molecular weight excluding hydrogens is 350 g/mol. The van der Waals surface area contributed by atoms with Crippen LogP contribution in [0, 0.1) is 6.92 Å². The lowest BCUT2D eigenvalue weighted by molar-refractivity contribution is 0.414. The minimum absolute atomic E-state index is 0.107. The summed E-state index contributed by atoms with van der Waals surface area (Å²) in [5, 5.41) is 4.14. The molecule has 1 unspecified atom stereocenters. The molecule has 0 saturated carbocycles. The van der Waals surface area contributed by atoms with Crippen molar-refractivity contribution in [1.82, 2.24) is 5.32 Å². The van der Waals surface area contributed by atoms with E-state index in [0.717, 1.165) is 16.6 Å². The van der Waals surface area contributed by atoms with E-state index in [1.54, 1.807) is 7.11 Å². The predicted octanol–water partition coefficient (Wildman–Crippen LogP) is 5.12. The van der Waals surface area contributed by atoms with E-state index in [1.165, 1.54) is 11.1 Å². The van der Waals surface area contributed by atoms with Crippen molar-refractivity contribution in [3.8, 4) is 5.75 Å². The normalized spacial score (nSPS) is 12.2. The summed E-state index contributed by atoms with van der Waals surface area (Å²) < 4.78 is 6.33. The Morgan fingerprint density at radius 2 is 1.86 bits per heavy atom. The second kappa shape index (κ2) is 7.30. The van der Waals surface area contributed by atoms with Gasteiger partial charge in [0.1, 0.15) is 5.75 Å². The van der Waals surface area contributed by atoms with Crippen LogP contribution in [0.1, 0.15) is 29.7 Å². The summed E-state index contributed by atoms with van der Waals surface area (Å²) in [6, 6.07) is 12.4. The maximum absolute atomic E-state index is 6.26. The van der Waals surface area contributed by atoms with Crippen molar-refractivity contribution in [3.05, 3.63) is 62.6 Å². The lowest BCUT2D eigenvalue weighted by Gasteiger charge is -2.20. The summed E-state index contributed by atoms with van der Waals surface area (Å²) in [5.41, 5.74) is 3.55. The molecule has 0 radical (unpaired) electrons. The van der Waals surface area contributed by atoms with Crippen molar-refractivity contribution in [2.75, 3.05) is 13.7 Å². The van der Waals surface area contributed by atoms with Gasteiger partial charge >= 0.3 is 0 Å². The van der Waals surface area contributed by atoms with Gasteiger partial charge in [0.05, 0.1) is 18.2 Å². The number of nitrogens with one attached hydrogen (secondary N) is 1. The average Bonchev–Trinajstić information content (AvgIpc) is 2.48. The Labute approximate surface area is 139 Å². The van der Waals surface area contributed by atoms with Crippen LogP contribution in [0.15, 0.2) is 40.9 Å². The first-order chi connectivity index (χ1) is 10.1. The fourth-order valence-electron chi connectivity index (χ4n) is 2.28. The van der Waals surface area contributed by atoms with E-state index < -0.39 is 0 Å². The Morgan fingerprint density at radius 1 is 1.19 bits per heavy atom. The predicted molar refractivity (Wildman–Crippen MR) is 92.4 cm³/mol. The number of benzene rings is 2. The van der Waals surface area contributed by atoms with Crippen LogP contribution in [-0.4, -0.2) is 13.7 Å². The van der Waals surface area contributed by atoms with Gasteiger partial charge in [0.25, 0.3) is 0 Å². The molecule has 2 nitrogen and oxygen atoms in total. The second-order valence-electron chi connectivity index (χ2n) is 4.89. The Balaban J connectivity index is 2.42. The standard InChI is InChI=1S/C17H19BrClNO/c1-4-20-17(12-6-5-11(2)14(18)9-12)13-7-8-16(21-3)15(19)10-13/h5-10,17,20H,4H2,1-3H3. The van der Waals surface area contributed by atoms with Crippen LogP contribution in [0.2, 0.25) is 5.02 Å². The third-order valence-electron chi connectivity index (χ3n) is 3.45. The van der Waals surface area contributed by atoms with Gasteiger partial charge < -0.3 is 10.1 Å². The quantitative estimate of drug-likeness (QED) is 0.791. The molecule has 0 aliphatic rings. The van der Waals surface area contributed by atoms with Gasteiger partial charge in [-0.2, -0.15) is 0 Å². The van der Waals surface area contributed by atoms with E-state index >= 15 is 0 Å². The topological polar surface area (TPSA) is 21.3 Å². The van der Waals surface area contributed by atoms with Crippen molar-refractivity contribution in [2.24, 2.45) is 0 Å². The van der Waals surface area contributed by atoms with Crippen LogP contribution in [-0.2, 0) is 0 Å². The van der Waals surface area contributed by atoms with Gasteiger partial charge in [0, 0.05) is 4.47 Å². The molecule has 2 aromatic carbocycles. The molecule has 0 heterocycles. The van der Waals surface area contributed by atoms with E-state index in [9.17, 15) is 0 Å². The van der Waals surface area contributed by atoms with Crippen LogP contribution >= 0.6 is 27.5 Å². The molecule has 21 heavy (non-hydrogen) atoms. The highest BCUT2D eigenvalue weighted by molar-refractivity contribution is 9.10. The van der Waals surface area contributed by atoms with Gasteiger partial charge in [-0.05, 0) is 48.4 Å². The monoisotopic (exact) mass is 367 g/mol. The van der Waals surface area contributed by atoms with Crippen LogP contribution in [0.25, 0.3) is 0 Å². The zero-order chi connectivity index (χ0) is 15.4. The molecule has 0 amide bonds. The molecule has 0 saturated heterocycles. The highest BCUT2D eigenvalue weighted by Crippen LogP contribution is 2.31. The van der Waals surface area contributed by atoms with Crippen molar-refractivity contribution >= 4 is 27.5 Å². The van der Waals surface area contributed by atoms with Gasteiger partial charge in [-0.15, -0.1) is 0 Å². The van der Waals surface area contributed by atoms with E-state index in [1.807, 2.05) is 18.2 Å². The first kappa shape index (κ1) is 16.3. The lowest BCUT2D eigenvalue weighted by Crippen LogP contribution is -2.22. The zero-order valence-corrected chi connectivity index (χ0v) is 14.8. The third-order valence-corrected chi connectivity index (χ3v) is 4.60. The Hall–Kier alpha value is -1.03. The minimum atomic E-state index is 0.107. The number of ether oxygens (including phenoxy) is 1. The number of methoxy groups -OCH3 is 1. The summed E-state index contributed by atoms with van der Waals surface area (Å²) in [7, 11) is 1.62. The number of hydrogen-bond acceptors (Lipinski definition) is 2. The van der Waals surface area contributed by atoms with Crippen molar-refractivity contribution < 1.29 is 4.74 Å². The van der Waals surface area contributed by atoms with Crippen LogP contribution in [0.3, 0.4) is 0 Å². The molecule has 2 rings (SSSR count). The largest absolute Gasteiger partial charge is 0.495 e. The highest BCUT2D eigenvalue weighted by Gasteiger charge is 2.15. The van der Waals surface area contributed by atoms with Gasteiger partial charge in [0.2, 0.25) is 0 Å². The third kappa shape index (κ3) is 3.79. The molecule has 1 N–H and O–H groups in total. The summed E-state index contributed by atoms with van der Waals surface area (Å²) in [5.74, 6) is 0.695. The first-order valence-electron chi connectivity index (χ1n) is 6.89. The smallest absolute Gasteiger partial charge is 0.137 e. The molecule has 0 aromatic heterocycles. The summed E-state index contributed by atoms with van der Waals surface area (Å²) in [6.07, 6.45) is 0. The number of halogens is 2. The Kier molecular flexibility index (Phi) is 5.68. The molecule has 0 spiro atoms. The molecule has 2 aromatic rings. The Bertz CT molecular complexity index is 630. The summed E-state index contributed by atoms with van der Waals surface area (Å²) in [6.45, 7) is 5.06. The van der Waals surface area contributed by atoms with Crippen LogP contribution < -0.4 is 10.1 Å². The van der Waals surface area contributed by atoms with Crippen LogP contribution in [0.4, 0.5) is 0 Å². The maximum Gasteiger partial charge on any atom is 0.137 e. The van der Waals surface area contributed by atoms with Crippen molar-refractivity contribution in [2.45, 2.75) is 19.9 Å². The summed E-state index contributed by atoms with van der Waals surface area (Å²) >= 11 is 9.86. The first-order valence-corrected chi connectivity index (χ1v) is 8.06. The SMILES string of the molecule is CCNC(c1ccc(OC)c(Cl)c1)c1ccc(C)c(Br)c1. The molecule has 0 aliphatic heterocycles. The number of rotatable bonds is 5. The van der Waals surface area contributed by atoms with E-state index in [4.69, 9.17) is 16.3 Å². The van der Waals surface area contributed by atoms with Crippen molar-refractivity contribution in [1.29, 1.82) is 0 Å². The van der Waals surface area contributed by atoms with Gasteiger partial charge in [-0.1, -0.05) is 52.7 Å². The maximum atomic E-state index is 6.26. The zero-order valence-electron chi connectivity index (χ0n) is 12.4. The molecule has 0 fully saturated rings. The fraction of sp³-hybridized carbons (Fsp3) is 0.294. The minimum Gasteiger partial charge on any atom is -0.495 e. The average molecular weight is 369 g/mol. The molecule has 1 atom stereocenters. The highest BCUT2D eigenvalue weighted by atomic mass is 79.9. The van der Waals surface area contributed by atoms with Gasteiger partial charge in [-0.25, -0.2) is 0 Å². The van der Waals surface area contributed by atoms with E-state index in [-0.39, 0.29) is 6.04 Å². The lowest BCUT2D eigenvalue weighted by atomic mass is 9.97. The molecule has 0 aliphatic carbocycles. The van der Waals surface area contributed by atoms with Gasteiger partial charge in [-0.3, -0.25) is 0 Å². The van der Waals surface area contributed by atoms with Crippen molar-refractivity contribution in [3.63, 3.8) is 0 Å². The Morgan fingerprint density at radius 3 is 2.43 bits per heavy atom. The van der Waals surface area contributed by atoms with E-state index in [2.05, 4.69) is 53.3 Å². The molecule has 0 bridgehead atoms. The fourth-order valence-corrected chi connectivity index (χ4v) is 2.95. The van der Waals surface area contributed by atoms with Gasteiger partial charge in [0.15, 0.2) is 0 Å². The van der Waals surface area contributed by atoms with E-state index in [0.29, 0.717) is 10.8 Å². The summed E-state index contributed by atoms with van der Waals surface area (Å²) in [4.78, 5) is 0.